The Bertz CT molecular complexity index is 122. The first-order valence-corrected chi connectivity index (χ1v) is 7.67. The van der Waals surface area contributed by atoms with Crippen molar-refractivity contribution in [1.29, 1.82) is 0 Å². The highest BCUT2D eigenvalue weighted by molar-refractivity contribution is 4.36. The van der Waals surface area contributed by atoms with Gasteiger partial charge in [-0.1, -0.05) is 27.7 Å². The molecule has 0 N–H and O–H groups in total. The van der Waals surface area contributed by atoms with E-state index in [-0.39, 0.29) is 0 Å². The molecule has 0 bridgehead atoms. The highest BCUT2D eigenvalue weighted by atomic mass is 15.1. The summed E-state index contributed by atoms with van der Waals surface area (Å²) in [5, 5.41) is 0. The highest BCUT2D eigenvalue weighted by Gasteiger charge is 1.81. The Morgan fingerprint density at radius 3 is 0.600 bits per heavy atom. The second-order valence-electron chi connectivity index (χ2n) is 5.62. The first kappa shape index (κ1) is 28.1. The average Bonchev–Trinajstić information content (AvgIpc) is 2.38. The number of nitrogens with zero attached hydrogens (tertiary/aromatic N) is 4. The summed E-state index contributed by atoms with van der Waals surface area (Å²) >= 11 is 0. The number of hydrogen-bond donors (Lipinski definition) is 0. The Morgan fingerprint density at radius 2 is 0.600 bits per heavy atom. The van der Waals surface area contributed by atoms with Gasteiger partial charge in [-0.3, -0.25) is 0 Å². The molecule has 0 radical (unpaired) electrons. The second-order valence-corrected chi connectivity index (χ2v) is 5.62. The van der Waals surface area contributed by atoms with Gasteiger partial charge in [-0.25, -0.2) is 0 Å². The van der Waals surface area contributed by atoms with Crippen LogP contribution in [0.15, 0.2) is 0 Å². The molecule has 0 aromatic carbocycles. The van der Waals surface area contributed by atoms with Gasteiger partial charge in [0.05, 0.1) is 0 Å². The molecule has 0 aliphatic rings. The minimum absolute atomic E-state index is 1.14. The summed E-state index contributed by atoms with van der Waals surface area (Å²) in [4.78, 5) is 8.50. The Hall–Kier alpha value is -0.160. The van der Waals surface area contributed by atoms with Crippen LogP contribution in [0.5, 0.6) is 0 Å². The van der Waals surface area contributed by atoms with Crippen LogP contribution in [0.4, 0.5) is 0 Å². The molecule has 0 aromatic heterocycles. The normalized spacial score (nSPS) is 9.60. The van der Waals surface area contributed by atoms with Crippen molar-refractivity contribution in [1.82, 2.24) is 19.6 Å². The van der Waals surface area contributed by atoms with E-state index >= 15 is 0 Å². The van der Waals surface area contributed by atoms with Crippen LogP contribution < -0.4 is 0 Å². The molecule has 0 atom stereocenters. The van der Waals surface area contributed by atoms with Gasteiger partial charge < -0.3 is 19.6 Å². The molecule has 0 saturated carbocycles. The van der Waals surface area contributed by atoms with Gasteiger partial charge in [0.1, 0.15) is 0 Å². The largest absolute Gasteiger partial charge is 0.312 e. The van der Waals surface area contributed by atoms with Crippen LogP contribution in [-0.4, -0.2) is 102 Å². The van der Waals surface area contributed by atoms with Gasteiger partial charge in [0.2, 0.25) is 0 Å². The Kier molecular flexibility index (Phi) is 33.5. The number of hydrogen-bond acceptors (Lipinski definition) is 4. The fourth-order valence-corrected chi connectivity index (χ4v) is 0.224. The molecule has 0 spiro atoms. The van der Waals surface area contributed by atoms with Crippen molar-refractivity contribution >= 4 is 0 Å². The average molecular weight is 293 g/mol. The van der Waals surface area contributed by atoms with E-state index in [9.17, 15) is 0 Å². The molecular formula is C16H44N4. The lowest BCUT2D eigenvalue weighted by Gasteiger charge is -2.07. The van der Waals surface area contributed by atoms with E-state index in [1.54, 1.807) is 0 Å². The zero-order valence-electron chi connectivity index (χ0n) is 16.6. The van der Waals surface area contributed by atoms with Crippen LogP contribution in [-0.2, 0) is 0 Å². The van der Waals surface area contributed by atoms with E-state index in [4.69, 9.17) is 0 Å². The van der Waals surface area contributed by atoms with Crippen molar-refractivity contribution in [2.45, 2.75) is 27.7 Å². The van der Waals surface area contributed by atoms with Crippen molar-refractivity contribution in [3.05, 3.63) is 0 Å². The van der Waals surface area contributed by atoms with Crippen LogP contribution in [0.1, 0.15) is 27.7 Å². The third-order valence-corrected chi connectivity index (χ3v) is 2.34. The van der Waals surface area contributed by atoms with E-state index < -0.39 is 0 Å². The summed E-state index contributed by atoms with van der Waals surface area (Å²) in [6.07, 6.45) is 0. The molecule has 0 fully saturated rings. The zero-order chi connectivity index (χ0) is 17.1. The van der Waals surface area contributed by atoms with Gasteiger partial charge in [-0.05, 0) is 82.6 Å². The van der Waals surface area contributed by atoms with Crippen LogP contribution in [0.2, 0.25) is 0 Å². The molecule has 0 aliphatic carbocycles. The summed E-state index contributed by atoms with van der Waals surface area (Å²) in [5.41, 5.74) is 0. The van der Waals surface area contributed by atoms with E-state index in [1.807, 2.05) is 26.0 Å². The standard InChI is InChI=1S/C5H13N.2C4H11N.C3H9N/c1-4-6(3)5-2;2*1-4-5(2)3;1-4(2)3/h4-5H2,1-3H3;2*4H2,1-3H3;1-3H3. The molecule has 4 nitrogen and oxygen atoms in total. The molecule has 0 aliphatic heterocycles. The van der Waals surface area contributed by atoms with Crippen LogP contribution in [0, 0.1) is 0 Å². The third kappa shape index (κ3) is 82.3. The van der Waals surface area contributed by atoms with Gasteiger partial charge >= 0.3 is 0 Å². The summed E-state index contributed by atoms with van der Waals surface area (Å²) in [5.74, 6) is 0. The lowest BCUT2D eigenvalue weighted by atomic mass is 10.6. The second kappa shape index (κ2) is 23.9. The minimum atomic E-state index is 1.14. The monoisotopic (exact) mass is 292 g/mol. The van der Waals surface area contributed by atoms with Gasteiger partial charge in [-0.15, -0.1) is 0 Å². The molecule has 0 unspecified atom stereocenters. The van der Waals surface area contributed by atoms with Crippen molar-refractivity contribution in [3.63, 3.8) is 0 Å². The molecule has 0 rings (SSSR count). The molecular weight excluding hydrogens is 248 g/mol. The first-order chi connectivity index (χ1) is 9.08. The maximum Gasteiger partial charge on any atom is -0.00504 e. The maximum absolute atomic E-state index is 2.25. The SMILES string of the molecule is CCN(C)C.CCN(C)C.CCN(C)CC.CN(C)C. The molecule has 0 heterocycles. The summed E-state index contributed by atoms with van der Waals surface area (Å²) in [7, 11) is 16.3. The molecule has 0 saturated heterocycles. The highest BCUT2D eigenvalue weighted by Crippen LogP contribution is 1.73. The third-order valence-electron chi connectivity index (χ3n) is 2.34. The molecule has 0 aromatic rings. The number of rotatable bonds is 4. The quantitative estimate of drug-likeness (QED) is 0.788. The topological polar surface area (TPSA) is 13.0 Å². The predicted octanol–water partition coefficient (Wildman–Crippen LogP) is 2.27. The Labute approximate surface area is 130 Å². The van der Waals surface area contributed by atoms with Gasteiger partial charge in [-0.2, -0.15) is 0 Å². The maximum atomic E-state index is 2.25. The van der Waals surface area contributed by atoms with Crippen molar-refractivity contribution < 1.29 is 0 Å². The molecule has 4 heteroatoms. The lowest BCUT2D eigenvalue weighted by Crippen LogP contribution is -2.15. The molecule has 20 heavy (non-hydrogen) atoms. The van der Waals surface area contributed by atoms with Crippen molar-refractivity contribution in [3.8, 4) is 0 Å². The fourth-order valence-electron chi connectivity index (χ4n) is 0.224. The van der Waals surface area contributed by atoms with Crippen molar-refractivity contribution in [2.75, 3.05) is 82.6 Å². The van der Waals surface area contributed by atoms with E-state index in [2.05, 4.69) is 77.6 Å². The van der Waals surface area contributed by atoms with E-state index in [0.717, 1.165) is 26.2 Å². The lowest BCUT2D eigenvalue weighted by molar-refractivity contribution is 0.373. The van der Waals surface area contributed by atoms with Crippen molar-refractivity contribution in [2.24, 2.45) is 0 Å². The Balaban J connectivity index is -0.0000000862. The summed E-state index contributed by atoms with van der Waals surface area (Å²) in [6, 6.07) is 0. The van der Waals surface area contributed by atoms with Crippen LogP contribution in [0.25, 0.3) is 0 Å². The van der Waals surface area contributed by atoms with Crippen LogP contribution >= 0.6 is 0 Å². The van der Waals surface area contributed by atoms with Crippen LogP contribution in [0.3, 0.4) is 0 Å². The smallest absolute Gasteiger partial charge is 0.00504 e. The summed E-state index contributed by atoms with van der Waals surface area (Å²) < 4.78 is 0. The van der Waals surface area contributed by atoms with E-state index in [0.29, 0.717) is 0 Å². The Morgan fingerprint density at radius 1 is 0.450 bits per heavy atom. The predicted molar refractivity (Wildman–Crippen MR) is 96.9 cm³/mol. The zero-order valence-corrected chi connectivity index (χ0v) is 16.6. The van der Waals surface area contributed by atoms with Gasteiger partial charge in [0, 0.05) is 0 Å². The van der Waals surface area contributed by atoms with Gasteiger partial charge in [0.15, 0.2) is 0 Å². The summed E-state index contributed by atoms with van der Waals surface area (Å²) in [6.45, 7) is 13.2. The van der Waals surface area contributed by atoms with E-state index in [1.165, 1.54) is 0 Å². The fraction of sp³-hybridized carbons (Fsp3) is 1.00. The molecule has 0 amide bonds. The molecule has 128 valence electrons. The first-order valence-electron chi connectivity index (χ1n) is 7.67. The minimum Gasteiger partial charge on any atom is -0.312 e. The van der Waals surface area contributed by atoms with Gasteiger partial charge in [0.25, 0.3) is 0 Å².